The molecule has 1 N–H and O–H groups in total. The van der Waals surface area contributed by atoms with E-state index in [1.165, 1.54) is 0 Å². The first-order valence-corrected chi connectivity index (χ1v) is 7.52. The molecule has 0 spiro atoms. The van der Waals surface area contributed by atoms with Gasteiger partial charge in [-0.1, -0.05) is 30.3 Å². The van der Waals surface area contributed by atoms with Gasteiger partial charge in [0, 0.05) is 18.1 Å². The molecular weight excluding hydrogens is 292 g/mol. The lowest BCUT2D eigenvalue weighted by Crippen LogP contribution is -2.45. The minimum Gasteiger partial charge on any atom is -0.622 e. The van der Waals surface area contributed by atoms with Gasteiger partial charge in [0.05, 0.1) is 7.11 Å². The standard InChI is InChI=1S/C18H20N2O3/c1-13-17(14-9-11-16(23-3)12-10-14)20(22)18(2,19(13)21)15-7-5-4-6-8-15/h4-13,21H,1-3H3/t13-,18+/m1/s1. The topological polar surface area (TPSA) is 58.8 Å². The third kappa shape index (κ3) is 2.29. The van der Waals surface area contributed by atoms with E-state index in [2.05, 4.69) is 0 Å². The summed E-state index contributed by atoms with van der Waals surface area (Å²) in [5.74, 6) is 0.726. The summed E-state index contributed by atoms with van der Waals surface area (Å²) >= 11 is 0. The quantitative estimate of drug-likeness (QED) is 0.699. The molecule has 2 aromatic rings. The van der Waals surface area contributed by atoms with Crippen LogP contribution in [0.1, 0.15) is 25.0 Å². The second-order valence-electron chi connectivity index (χ2n) is 5.82. The van der Waals surface area contributed by atoms with Crippen LogP contribution in [0, 0.1) is 5.21 Å². The average Bonchev–Trinajstić information content (AvgIpc) is 2.77. The van der Waals surface area contributed by atoms with Crippen molar-refractivity contribution < 1.29 is 14.7 Å². The maximum absolute atomic E-state index is 13.1. The molecule has 0 saturated heterocycles. The normalized spacial score (nSPS) is 25.0. The lowest BCUT2D eigenvalue weighted by Gasteiger charge is -2.29. The van der Waals surface area contributed by atoms with Crippen molar-refractivity contribution in [1.29, 1.82) is 0 Å². The monoisotopic (exact) mass is 312 g/mol. The Hall–Kier alpha value is -2.37. The van der Waals surface area contributed by atoms with E-state index in [1.54, 1.807) is 14.0 Å². The summed E-state index contributed by atoms with van der Waals surface area (Å²) in [5, 5.41) is 24.8. The van der Waals surface area contributed by atoms with Crippen molar-refractivity contribution in [2.45, 2.75) is 25.6 Å². The highest BCUT2D eigenvalue weighted by Gasteiger charge is 2.54. The second kappa shape index (κ2) is 5.68. The zero-order valence-corrected chi connectivity index (χ0v) is 13.4. The Kier molecular flexibility index (Phi) is 3.83. The zero-order chi connectivity index (χ0) is 16.6. The molecular formula is C18H20N2O3. The fourth-order valence-electron chi connectivity index (χ4n) is 3.11. The molecule has 1 heterocycles. The summed E-state index contributed by atoms with van der Waals surface area (Å²) in [5.41, 5.74) is 0.886. The van der Waals surface area contributed by atoms with E-state index in [4.69, 9.17) is 4.74 Å². The molecule has 1 aliphatic rings. The van der Waals surface area contributed by atoms with Gasteiger partial charge in [-0.25, -0.2) is 0 Å². The Bertz CT molecular complexity index is 728. The Balaban J connectivity index is 2.12. The number of methoxy groups -OCH3 is 1. The predicted molar refractivity (Wildman–Crippen MR) is 87.6 cm³/mol. The van der Waals surface area contributed by atoms with E-state index in [0.717, 1.165) is 26.7 Å². The molecule has 0 saturated carbocycles. The third-order valence-electron chi connectivity index (χ3n) is 4.53. The summed E-state index contributed by atoms with van der Waals surface area (Å²) in [7, 11) is 1.60. The molecule has 0 fully saturated rings. The van der Waals surface area contributed by atoms with Gasteiger partial charge in [-0.3, -0.25) is 0 Å². The van der Waals surface area contributed by atoms with Crippen LogP contribution in [-0.4, -0.2) is 33.9 Å². The fourth-order valence-corrected chi connectivity index (χ4v) is 3.11. The molecule has 0 amide bonds. The molecule has 120 valence electrons. The number of rotatable bonds is 3. The SMILES string of the molecule is COc1ccc(C2=[N+]([O-])[C@@](C)(c3ccccc3)N(O)[C@@H]2C)cc1. The molecule has 0 radical (unpaired) electrons. The molecule has 0 aliphatic carbocycles. The van der Waals surface area contributed by atoms with E-state index < -0.39 is 11.7 Å². The van der Waals surface area contributed by atoms with Gasteiger partial charge in [0.1, 0.15) is 11.8 Å². The Morgan fingerprint density at radius 3 is 2.30 bits per heavy atom. The molecule has 0 aromatic heterocycles. The van der Waals surface area contributed by atoms with Gasteiger partial charge in [0.2, 0.25) is 5.71 Å². The molecule has 0 unspecified atom stereocenters. The summed E-state index contributed by atoms with van der Waals surface area (Å²) in [6.45, 7) is 3.54. The van der Waals surface area contributed by atoms with E-state index in [-0.39, 0.29) is 0 Å². The van der Waals surface area contributed by atoms with Crippen LogP contribution in [0.4, 0.5) is 0 Å². The zero-order valence-electron chi connectivity index (χ0n) is 13.4. The van der Waals surface area contributed by atoms with Gasteiger partial charge >= 0.3 is 0 Å². The lowest BCUT2D eigenvalue weighted by atomic mass is 10.0. The molecule has 3 rings (SSSR count). The first kappa shape index (κ1) is 15.5. The highest BCUT2D eigenvalue weighted by atomic mass is 16.6. The molecule has 1 aliphatic heterocycles. The van der Waals surface area contributed by atoms with Gasteiger partial charge in [0.15, 0.2) is 0 Å². The van der Waals surface area contributed by atoms with Crippen molar-refractivity contribution in [3.63, 3.8) is 0 Å². The van der Waals surface area contributed by atoms with Gasteiger partial charge in [0.25, 0.3) is 5.66 Å². The van der Waals surface area contributed by atoms with Crippen molar-refractivity contribution in [3.8, 4) is 5.75 Å². The van der Waals surface area contributed by atoms with Crippen LogP contribution in [0.2, 0.25) is 0 Å². The van der Waals surface area contributed by atoms with Crippen LogP contribution in [0.15, 0.2) is 54.6 Å². The number of hydrogen-bond donors (Lipinski definition) is 1. The van der Waals surface area contributed by atoms with Crippen molar-refractivity contribution in [2.75, 3.05) is 7.11 Å². The van der Waals surface area contributed by atoms with Crippen molar-refractivity contribution >= 4 is 5.71 Å². The smallest absolute Gasteiger partial charge is 0.274 e. The van der Waals surface area contributed by atoms with E-state index in [1.807, 2.05) is 61.5 Å². The summed E-state index contributed by atoms with van der Waals surface area (Å²) in [6, 6.07) is 16.2. The number of benzene rings is 2. The van der Waals surface area contributed by atoms with Crippen molar-refractivity contribution in [1.82, 2.24) is 5.06 Å². The number of nitrogens with zero attached hydrogens (tertiary/aromatic N) is 2. The molecule has 23 heavy (non-hydrogen) atoms. The molecule has 5 nitrogen and oxygen atoms in total. The van der Waals surface area contributed by atoms with Gasteiger partial charge < -0.3 is 15.2 Å². The minimum atomic E-state index is -1.16. The number of ether oxygens (including phenoxy) is 1. The second-order valence-corrected chi connectivity index (χ2v) is 5.82. The predicted octanol–water partition coefficient (Wildman–Crippen LogP) is 2.96. The number of hydrogen-bond acceptors (Lipinski definition) is 4. The average molecular weight is 312 g/mol. The highest BCUT2D eigenvalue weighted by Crippen LogP contribution is 2.36. The molecule has 0 bridgehead atoms. The first-order valence-electron chi connectivity index (χ1n) is 7.52. The Labute approximate surface area is 135 Å². The van der Waals surface area contributed by atoms with Gasteiger partial charge in [-0.05, 0) is 31.2 Å². The molecule has 2 atom stereocenters. The van der Waals surface area contributed by atoms with Crippen molar-refractivity contribution in [3.05, 3.63) is 70.9 Å². The van der Waals surface area contributed by atoms with Crippen LogP contribution in [0.5, 0.6) is 5.75 Å². The van der Waals surface area contributed by atoms with Crippen LogP contribution < -0.4 is 4.74 Å². The fraction of sp³-hybridized carbons (Fsp3) is 0.278. The summed E-state index contributed by atoms with van der Waals surface area (Å²) in [6.07, 6.45) is 0. The lowest BCUT2D eigenvalue weighted by molar-refractivity contribution is -0.595. The van der Waals surface area contributed by atoms with E-state index in [0.29, 0.717) is 5.71 Å². The van der Waals surface area contributed by atoms with Crippen LogP contribution in [0.3, 0.4) is 0 Å². The maximum Gasteiger partial charge on any atom is 0.274 e. The van der Waals surface area contributed by atoms with Crippen LogP contribution in [0.25, 0.3) is 0 Å². The first-order chi connectivity index (χ1) is 11.0. The maximum atomic E-state index is 13.1. The Morgan fingerprint density at radius 2 is 1.74 bits per heavy atom. The van der Waals surface area contributed by atoms with Crippen molar-refractivity contribution in [2.24, 2.45) is 0 Å². The van der Waals surface area contributed by atoms with Gasteiger partial charge in [-0.2, -0.15) is 4.74 Å². The Morgan fingerprint density at radius 1 is 1.13 bits per heavy atom. The largest absolute Gasteiger partial charge is 0.622 e. The third-order valence-corrected chi connectivity index (χ3v) is 4.53. The molecule has 2 aromatic carbocycles. The highest BCUT2D eigenvalue weighted by molar-refractivity contribution is 6.01. The van der Waals surface area contributed by atoms with E-state index in [9.17, 15) is 10.4 Å². The van der Waals surface area contributed by atoms with E-state index >= 15 is 0 Å². The summed E-state index contributed by atoms with van der Waals surface area (Å²) < 4.78 is 6.05. The van der Waals surface area contributed by atoms with Crippen LogP contribution in [-0.2, 0) is 5.66 Å². The van der Waals surface area contributed by atoms with Gasteiger partial charge in [-0.15, -0.1) is 5.06 Å². The molecule has 5 heteroatoms. The summed E-state index contributed by atoms with van der Waals surface area (Å²) in [4.78, 5) is 0. The minimum absolute atomic E-state index is 0.425. The van der Waals surface area contributed by atoms with Crippen LogP contribution >= 0.6 is 0 Å². The number of hydroxylamine groups is 3.